The number of para-hydroxylation sites is 2. The molecule has 0 saturated carbocycles. The number of carbonyl (C=O) groups is 1. The van der Waals surface area contributed by atoms with Crippen LogP contribution in [-0.4, -0.2) is 21.3 Å². The first-order valence-corrected chi connectivity index (χ1v) is 6.23. The van der Waals surface area contributed by atoms with Gasteiger partial charge in [0.25, 0.3) is 0 Å². The van der Waals surface area contributed by atoms with Crippen molar-refractivity contribution in [2.75, 3.05) is 4.90 Å². The molecular formula is C15H11N3O3. The third kappa shape index (κ3) is 2.59. The number of hydrogen-bond acceptors (Lipinski definition) is 5. The first-order valence-electron chi connectivity index (χ1n) is 6.23. The first kappa shape index (κ1) is 12.9. The van der Waals surface area contributed by atoms with Crippen LogP contribution in [0.15, 0.2) is 65.1 Å². The molecule has 0 aliphatic rings. The van der Waals surface area contributed by atoms with Gasteiger partial charge in [-0.15, -0.1) is 0 Å². The molecule has 0 aliphatic carbocycles. The van der Waals surface area contributed by atoms with Crippen LogP contribution >= 0.6 is 0 Å². The molecular weight excluding hydrogens is 270 g/mol. The lowest BCUT2D eigenvalue weighted by Crippen LogP contribution is -2.10. The van der Waals surface area contributed by atoms with Crippen LogP contribution in [0.2, 0.25) is 0 Å². The predicted molar refractivity (Wildman–Crippen MR) is 75.9 cm³/mol. The molecule has 6 heteroatoms. The van der Waals surface area contributed by atoms with Gasteiger partial charge in [-0.2, -0.15) is 0 Å². The molecule has 0 radical (unpaired) electrons. The molecule has 0 unspecified atom stereocenters. The number of hydrogen-bond donors (Lipinski definition) is 1. The third-order valence-corrected chi connectivity index (χ3v) is 2.82. The van der Waals surface area contributed by atoms with E-state index >= 15 is 0 Å². The maximum Gasteiger partial charge on any atom is 0.393 e. The van der Waals surface area contributed by atoms with Gasteiger partial charge < -0.3 is 9.52 Å². The van der Waals surface area contributed by atoms with Crippen molar-refractivity contribution in [2.24, 2.45) is 0 Å². The van der Waals surface area contributed by atoms with Gasteiger partial charge in [0.1, 0.15) is 0 Å². The molecule has 1 heterocycles. The zero-order chi connectivity index (χ0) is 14.7. The summed E-state index contributed by atoms with van der Waals surface area (Å²) in [6.07, 6.45) is 0. The minimum absolute atomic E-state index is 0.102. The van der Waals surface area contributed by atoms with Crippen LogP contribution < -0.4 is 4.90 Å². The molecule has 0 fully saturated rings. The molecule has 0 amide bonds. The van der Waals surface area contributed by atoms with E-state index in [9.17, 15) is 4.79 Å². The van der Waals surface area contributed by atoms with Gasteiger partial charge in [-0.25, -0.2) is 4.79 Å². The van der Waals surface area contributed by atoms with Gasteiger partial charge >= 0.3 is 17.9 Å². The van der Waals surface area contributed by atoms with Crippen LogP contribution in [-0.2, 0) is 0 Å². The molecule has 1 N–H and O–H groups in total. The van der Waals surface area contributed by atoms with E-state index in [2.05, 4.69) is 10.2 Å². The highest BCUT2D eigenvalue weighted by Gasteiger charge is 2.20. The molecule has 1 aromatic heterocycles. The van der Waals surface area contributed by atoms with Crippen molar-refractivity contribution >= 4 is 23.4 Å². The molecule has 0 bridgehead atoms. The first-order chi connectivity index (χ1) is 10.3. The number of carboxylic acids is 1. The Morgan fingerprint density at radius 3 is 1.86 bits per heavy atom. The summed E-state index contributed by atoms with van der Waals surface area (Å²) in [5, 5.41) is 16.3. The Kier molecular flexibility index (Phi) is 3.34. The normalized spacial score (nSPS) is 10.3. The number of aromatic carboxylic acids is 1. The smallest absolute Gasteiger partial charge is 0.393 e. The summed E-state index contributed by atoms with van der Waals surface area (Å²) < 4.78 is 5.22. The highest BCUT2D eigenvalue weighted by atomic mass is 16.4. The molecule has 3 rings (SSSR count). The van der Waals surface area contributed by atoms with Crippen LogP contribution in [0.1, 0.15) is 10.7 Å². The number of nitrogens with zero attached hydrogens (tertiary/aromatic N) is 3. The van der Waals surface area contributed by atoms with E-state index in [0.29, 0.717) is 0 Å². The van der Waals surface area contributed by atoms with Crippen LogP contribution in [0, 0.1) is 0 Å². The van der Waals surface area contributed by atoms with Crippen molar-refractivity contribution in [2.45, 2.75) is 0 Å². The quantitative estimate of drug-likeness (QED) is 0.790. The largest absolute Gasteiger partial charge is 0.474 e. The molecule has 0 aliphatic heterocycles. The molecule has 0 spiro atoms. The van der Waals surface area contributed by atoms with E-state index in [1.54, 1.807) is 4.90 Å². The number of benzene rings is 2. The Balaban J connectivity index is 2.10. The van der Waals surface area contributed by atoms with Gasteiger partial charge in [0.05, 0.1) is 11.4 Å². The van der Waals surface area contributed by atoms with Crippen LogP contribution in [0.5, 0.6) is 0 Å². The average molecular weight is 281 g/mol. The lowest BCUT2D eigenvalue weighted by atomic mass is 10.2. The van der Waals surface area contributed by atoms with Crippen molar-refractivity contribution in [1.82, 2.24) is 10.2 Å². The Labute approximate surface area is 120 Å². The fourth-order valence-electron chi connectivity index (χ4n) is 1.92. The zero-order valence-corrected chi connectivity index (χ0v) is 10.9. The maximum absolute atomic E-state index is 10.9. The molecule has 21 heavy (non-hydrogen) atoms. The minimum Gasteiger partial charge on any atom is -0.474 e. The van der Waals surface area contributed by atoms with E-state index in [1.807, 2.05) is 60.7 Å². The summed E-state index contributed by atoms with van der Waals surface area (Å²) in [6, 6.07) is 18.9. The SMILES string of the molecule is O=C(O)c1nnc(N(c2ccccc2)c2ccccc2)o1. The Morgan fingerprint density at radius 1 is 0.905 bits per heavy atom. The van der Waals surface area contributed by atoms with Crippen molar-refractivity contribution in [3.63, 3.8) is 0 Å². The van der Waals surface area contributed by atoms with Gasteiger partial charge in [0.15, 0.2) is 0 Å². The van der Waals surface area contributed by atoms with Crippen LogP contribution in [0.25, 0.3) is 0 Å². The van der Waals surface area contributed by atoms with Crippen molar-refractivity contribution in [1.29, 1.82) is 0 Å². The number of anilines is 3. The summed E-state index contributed by atoms with van der Waals surface area (Å²) in [5.74, 6) is -1.70. The minimum atomic E-state index is -1.25. The standard InChI is InChI=1S/C15H11N3O3/c19-14(20)13-16-17-15(21-13)18(11-7-3-1-4-8-11)12-9-5-2-6-10-12/h1-10H,(H,19,20). The number of aromatic nitrogens is 2. The van der Waals surface area contributed by atoms with Gasteiger partial charge in [0.2, 0.25) is 0 Å². The highest BCUT2D eigenvalue weighted by molar-refractivity contribution is 5.82. The van der Waals surface area contributed by atoms with E-state index < -0.39 is 11.9 Å². The number of carboxylic acid groups (broad SMARTS) is 1. The second-order valence-corrected chi connectivity index (χ2v) is 4.20. The summed E-state index contributed by atoms with van der Waals surface area (Å²) >= 11 is 0. The number of rotatable bonds is 4. The Hall–Kier alpha value is -3.15. The van der Waals surface area contributed by atoms with Gasteiger partial charge in [-0.3, -0.25) is 4.90 Å². The maximum atomic E-state index is 10.9. The van der Waals surface area contributed by atoms with Crippen molar-refractivity contribution in [3.05, 3.63) is 66.6 Å². The topological polar surface area (TPSA) is 79.5 Å². The van der Waals surface area contributed by atoms with Crippen LogP contribution in [0.3, 0.4) is 0 Å². The fourth-order valence-corrected chi connectivity index (χ4v) is 1.92. The Morgan fingerprint density at radius 2 is 1.43 bits per heavy atom. The van der Waals surface area contributed by atoms with E-state index in [4.69, 9.17) is 9.52 Å². The van der Waals surface area contributed by atoms with Crippen molar-refractivity contribution in [3.8, 4) is 0 Å². The fraction of sp³-hybridized carbons (Fsp3) is 0. The lowest BCUT2D eigenvalue weighted by molar-refractivity contribution is 0.0654. The average Bonchev–Trinajstić information content (AvgIpc) is 3.00. The summed E-state index contributed by atoms with van der Waals surface area (Å²) in [5.41, 5.74) is 1.59. The second-order valence-electron chi connectivity index (χ2n) is 4.20. The third-order valence-electron chi connectivity index (χ3n) is 2.82. The highest BCUT2D eigenvalue weighted by Crippen LogP contribution is 2.32. The lowest BCUT2D eigenvalue weighted by Gasteiger charge is -2.20. The molecule has 3 aromatic rings. The molecule has 2 aromatic carbocycles. The summed E-state index contributed by atoms with van der Waals surface area (Å²) in [4.78, 5) is 12.6. The Bertz CT molecular complexity index is 702. The molecule has 6 nitrogen and oxygen atoms in total. The van der Waals surface area contributed by atoms with Crippen LogP contribution in [0.4, 0.5) is 17.4 Å². The molecule has 0 saturated heterocycles. The monoisotopic (exact) mass is 281 g/mol. The predicted octanol–water partition coefficient (Wildman–Crippen LogP) is 3.24. The summed E-state index contributed by atoms with van der Waals surface area (Å²) in [7, 11) is 0. The van der Waals surface area contributed by atoms with Gasteiger partial charge in [-0.1, -0.05) is 46.6 Å². The van der Waals surface area contributed by atoms with E-state index in [0.717, 1.165) is 11.4 Å². The van der Waals surface area contributed by atoms with Gasteiger partial charge in [-0.05, 0) is 24.3 Å². The van der Waals surface area contributed by atoms with Gasteiger partial charge in [0, 0.05) is 0 Å². The van der Waals surface area contributed by atoms with E-state index in [-0.39, 0.29) is 6.01 Å². The second kappa shape index (κ2) is 5.46. The zero-order valence-electron chi connectivity index (χ0n) is 10.9. The molecule has 104 valence electrons. The summed E-state index contributed by atoms with van der Waals surface area (Å²) in [6.45, 7) is 0. The molecule has 0 atom stereocenters. The van der Waals surface area contributed by atoms with E-state index in [1.165, 1.54) is 0 Å². The van der Waals surface area contributed by atoms with Crippen molar-refractivity contribution < 1.29 is 14.3 Å².